The molecule has 0 saturated carbocycles. The molecule has 0 atom stereocenters. The SMILES string of the molecule is BCC1=CC(=O)OC(C)(C)O1. The van der Waals surface area contributed by atoms with Crippen LogP contribution in [0.15, 0.2) is 11.8 Å². The van der Waals surface area contributed by atoms with Crippen molar-refractivity contribution in [3.8, 4) is 0 Å². The van der Waals surface area contributed by atoms with Gasteiger partial charge in [0.2, 0.25) is 5.79 Å². The van der Waals surface area contributed by atoms with Gasteiger partial charge in [-0.1, -0.05) is 0 Å². The number of carbonyl (C=O) groups excluding carboxylic acids is 1. The van der Waals surface area contributed by atoms with E-state index in [4.69, 9.17) is 9.47 Å². The Bertz CT molecular complexity index is 208. The average molecular weight is 154 g/mol. The zero-order chi connectivity index (χ0) is 8.48. The van der Waals surface area contributed by atoms with Crippen LogP contribution in [-0.2, 0) is 14.3 Å². The first kappa shape index (κ1) is 8.17. The average Bonchev–Trinajstić information content (AvgIpc) is 1.83. The van der Waals surface area contributed by atoms with Crippen molar-refractivity contribution in [3.63, 3.8) is 0 Å². The second-order valence-electron chi connectivity index (χ2n) is 2.89. The van der Waals surface area contributed by atoms with Gasteiger partial charge in [-0.3, -0.25) is 0 Å². The highest BCUT2D eigenvalue weighted by atomic mass is 16.7. The zero-order valence-corrected chi connectivity index (χ0v) is 7.01. The van der Waals surface area contributed by atoms with Crippen LogP contribution >= 0.6 is 0 Å². The van der Waals surface area contributed by atoms with Crippen LogP contribution in [0.2, 0.25) is 6.32 Å². The maximum absolute atomic E-state index is 10.9. The fourth-order valence-electron chi connectivity index (χ4n) is 0.943. The molecule has 1 heterocycles. The molecule has 0 unspecified atom stereocenters. The summed E-state index contributed by atoms with van der Waals surface area (Å²) in [7, 11) is 1.93. The molecule has 0 saturated heterocycles. The Kier molecular flexibility index (Phi) is 1.93. The molecule has 0 aromatic rings. The molecule has 0 spiro atoms. The number of esters is 1. The standard InChI is InChI=1S/C7H11BO3/c1-7(2)10-5(4-8)3-6(9)11-7/h3H,4,8H2,1-2H3. The molecular formula is C7H11BO3. The Hall–Kier alpha value is -0.925. The largest absolute Gasteiger partial charge is 0.458 e. The number of cyclic esters (lactones) is 1. The van der Waals surface area contributed by atoms with Gasteiger partial charge in [0.1, 0.15) is 13.6 Å². The fourth-order valence-corrected chi connectivity index (χ4v) is 0.943. The van der Waals surface area contributed by atoms with Gasteiger partial charge in [-0.25, -0.2) is 4.79 Å². The smallest absolute Gasteiger partial charge is 0.337 e. The predicted molar refractivity (Wildman–Crippen MR) is 42.7 cm³/mol. The number of allylic oxidation sites excluding steroid dienone is 1. The Morgan fingerprint density at radius 1 is 1.55 bits per heavy atom. The van der Waals surface area contributed by atoms with Crippen LogP contribution in [-0.4, -0.2) is 19.6 Å². The molecule has 0 aliphatic carbocycles. The van der Waals surface area contributed by atoms with E-state index in [0.29, 0.717) is 5.76 Å². The summed E-state index contributed by atoms with van der Waals surface area (Å²) in [4.78, 5) is 10.9. The molecule has 0 aromatic heterocycles. The summed E-state index contributed by atoms with van der Waals surface area (Å²) in [5, 5.41) is 0. The highest BCUT2D eigenvalue weighted by Crippen LogP contribution is 2.22. The minimum Gasteiger partial charge on any atom is -0.458 e. The van der Waals surface area contributed by atoms with Crippen molar-refractivity contribution in [2.45, 2.75) is 26.0 Å². The Morgan fingerprint density at radius 2 is 2.18 bits per heavy atom. The van der Waals surface area contributed by atoms with Crippen molar-refractivity contribution in [2.24, 2.45) is 0 Å². The van der Waals surface area contributed by atoms with Crippen LogP contribution in [0.4, 0.5) is 0 Å². The monoisotopic (exact) mass is 154 g/mol. The van der Waals surface area contributed by atoms with Crippen molar-refractivity contribution >= 4 is 13.8 Å². The van der Waals surface area contributed by atoms with E-state index in [1.165, 1.54) is 6.08 Å². The van der Waals surface area contributed by atoms with Gasteiger partial charge in [0.25, 0.3) is 0 Å². The summed E-state index contributed by atoms with van der Waals surface area (Å²) >= 11 is 0. The fraction of sp³-hybridized carbons (Fsp3) is 0.571. The van der Waals surface area contributed by atoms with Crippen LogP contribution in [0.1, 0.15) is 13.8 Å². The van der Waals surface area contributed by atoms with Gasteiger partial charge < -0.3 is 9.47 Å². The molecule has 3 nitrogen and oxygen atoms in total. The Labute approximate surface area is 66.8 Å². The molecule has 0 N–H and O–H groups in total. The van der Waals surface area contributed by atoms with E-state index in [1.807, 2.05) is 7.85 Å². The predicted octanol–water partition coefficient (Wildman–Crippen LogP) is 0.231. The summed E-state index contributed by atoms with van der Waals surface area (Å²) in [6.07, 6.45) is 2.10. The molecule has 1 rings (SSSR count). The highest BCUT2D eigenvalue weighted by Gasteiger charge is 2.28. The number of carbonyl (C=O) groups is 1. The normalized spacial score (nSPS) is 21.6. The molecule has 1 aliphatic heterocycles. The third-order valence-corrected chi connectivity index (χ3v) is 1.35. The maximum Gasteiger partial charge on any atom is 0.337 e. The van der Waals surface area contributed by atoms with E-state index in [-0.39, 0.29) is 5.97 Å². The summed E-state index contributed by atoms with van der Waals surface area (Å²) in [5.74, 6) is -0.429. The van der Waals surface area contributed by atoms with Gasteiger partial charge in [-0.15, -0.1) is 0 Å². The summed E-state index contributed by atoms with van der Waals surface area (Å²) in [6, 6.07) is 0. The van der Waals surface area contributed by atoms with E-state index < -0.39 is 5.79 Å². The van der Waals surface area contributed by atoms with Gasteiger partial charge >= 0.3 is 5.97 Å². The molecule has 0 bridgehead atoms. The van der Waals surface area contributed by atoms with E-state index >= 15 is 0 Å². The van der Waals surface area contributed by atoms with E-state index in [1.54, 1.807) is 13.8 Å². The second-order valence-corrected chi connectivity index (χ2v) is 2.89. The first-order chi connectivity index (χ1) is 5.03. The van der Waals surface area contributed by atoms with Crippen LogP contribution in [0, 0.1) is 0 Å². The van der Waals surface area contributed by atoms with Gasteiger partial charge in [0, 0.05) is 13.8 Å². The quantitative estimate of drug-likeness (QED) is 0.400. The summed E-state index contributed by atoms with van der Waals surface area (Å²) in [6.45, 7) is 3.43. The number of hydrogen-bond donors (Lipinski definition) is 0. The van der Waals surface area contributed by atoms with Gasteiger partial charge in [-0.2, -0.15) is 0 Å². The molecule has 0 radical (unpaired) electrons. The van der Waals surface area contributed by atoms with E-state index in [2.05, 4.69) is 0 Å². The molecule has 4 heteroatoms. The Balaban J connectivity index is 2.78. The van der Waals surface area contributed by atoms with Gasteiger partial charge in [-0.05, 0) is 6.32 Å². The molecule has 60 valence electrons. The minimum atomic E-state index is -0.794. The number of hydrogen-bond acceptors (Lipinski definition) is 3. The van der Waals surface area contributed by atoms with Crippen LogP contribution < -0.4 is 0 Å². The van der Waals surface area contributed by atoms with Crippen LogP contribution in [0.3, 0.4) is 0 Å². The maximum atomic E-state index is 10.9. The lowest BCUT2D eigenvalue weighted by atomic mass is 10.0. The second kappa shape index (κ2) is 2.60. The molecule has 0 fully saturated rings. The third-order valence-electron chi connectivity index (χ3n) is 1.35. The molecule has 0 amide bonds. The van der Waals surface area contributed by atoms with Crippen molar-refractivity contribution in [3.05, 3.63) is 11.8 Å². The number of ether oxygens (including phenoxy) is 2. The number of rotatable bonds is 1. The van der Waals surface area contributed by atoms with E-state index in [9.17, 15) is 4.79 Å². The summed E-state index contributed by atoms with van der Waals surface area (Å²) < 4.78 is 10.2. The topological polar surface area (TPSA) is 35.5 Å². The van der Waals surface area contributed by atoms with Crippen molar-refractivity contribution in [2.75, 3.05) is 0 Å². The molecule has 11 heavy (non-hydrogen) atoms. The third kappa shape index (κ3) is 2.00. The molecule has 0 aromatic carbocycles. The molecular weight excluding hydrogens is 143 g/mol. The lowest BCUT2D eigenvalue weighted by Crippen LogP contribution is -2.34. The minimum absolute atomic E-state index is 0.321. The van der Waals surface area contributed by atoms with Crippen molar-refractivity contribution in [1.82, 2.24) is 0 Å². The first-order valence-corrected chi connectivity index (χ1v) is 3.66. The Morgan fingerprint density at radius 3 is 2.64 bits per heavy atom. The first-order valence-electron chi connectivity index (χ1n) is 3.66. The highest BCUT2D eigenvalue weighted by molar-refractivity contribution is 6.10. The van der Waals surface area contributed by atoms with Gasteiger partial charge in [0.15, 0.2) is 0 Å². The van der Waals surface area contributed by atoms with Gasteiger partial charge in [0.05, 0.1) is 6.08 Å². The van der Waals surface area contributed by atoms with Crippen molar-refractivity contribution in [1.29, 1.82) is 0 Å². The van der Waals surface area contributed by atoms with E-state index in [0.717, 1.165) is 6.32 Å². The zero-order valence-electron chi connectivity index (χ0n) is 7.01. The lowest BCUT2D eigenvalue weighted by Gasteiger charge is -2.30. The van der Waals surface area contributed by atoms with Crippen LogP contribution in [0.5, 0.6) is 0 Å². The molecule has 1 aliphatic rings. The van der Waals surface area contributed by atoms with Crippen LogP contribution in [0.25, 0.3) is 0 Å². The summed E-state index contributed by atoms with van der Waals surface area (Å²) in [5.41, 5.74) is 0. The van der Waals surface area contributed by atoms with Crippen molar-refractivity contribution < 1.29 is 14.3 Å². The lowest BCUT2D eigenvalue weighted by molar-refractivity contribution is -0.204.